The van der Waals surface area contributed by atoms with E-state index in [0.717, 1.165) is 29.0 Å². The maximum absolute atomic E-state index is 12.5. The summed E-state index contributed by atoms with van der Waals surface area (Å²) >= 11 is 1.50. The normalized spacial score (nSPS) is 12.7. The maximum atomic E-state index is 12.5. The first-order chi connectivity index (χ1) is 13.2. The number of hydrogen-bond acceptors (Lipinski definition) is 4. The molecular weight excluding hydrogens is 356 g/mol. The Hall–Kier alpha value is -2.92. The quantitative estimate of drug-likeness (QED) is 0.701. The minimum atomic E-state index is -0.169. The summed E-state index contributed by atoms with van der Waals surface area (Å²) in [7, 11) is 0. The van der Waals surface area contributed by atoms with Gasteiger partial charge in [-0.3, -0.25) is 10.1 Å². The molecule has 1 aromatic heterocycles. The number of benzene rings is 2. The number of anilines is 1. The molecule has 0 unspecified atom stereocenters. The second-order valence-corrected chi connectivity index (χ2v) is 7.54. The Morgan fingerprint density at radius 1 is 1.15 bits per heavy atom. The summed E-state index contributed by atoms with van der Waals surface area (Å²) in [5, 5.41) is 3.50. The minimum Gasteiger partial charge on any atom is -0.488 e. The maximum Gasteiger partial charge on any atom is 0.256 e. The van der Waals surface area contributed by atoms with Crippen molar-refractivity contribution in [2.45, 2.75) is 19.8 Å². The minimum absolute atomic E-state index is 0.169. The number of nitrogens with one attached hydrogen (secondary N) is 1. The lowest BCUT2D eigenvalue weighted by atomic mass is 10.1. The number of aryl methyl sites for hydroxylation is 1. The Morgan fingerprint density at radius 2 is 1.93 bits per heavy atom. The van der Waals surface area contributed by atoms with E-state index < -0.39 is 0 Å². The van der Waals surface area contributed by atoms with Gasteiger partial charge in [-0.2, -0.15) is 0 Å². The van der Waals surface area contributed by atoms with Crippen LogP contribution in [0.25, 0.3) is 6.08 Å². The van der Waals surface area contributed by atoms with Gasteiger partial charge in [-0.1, -0.05) is 49.4 Å². The smallest absolute Gasteiger partial charge is 0.256 e. The number of thiazole rings is 1. The van der Waals surface area contributed by atoms with Crippen LogP contribution < -0.4 is 10.1 Å². The molecule has 2 heterocycles. The second kappa shape index (κ2) is 7.76. The number of carbonyl (C=O) groups excluding carboxylic acids is 1. The van der Waals surface area contributed by atoms with Crippen LogP contribution in [0.3, 0.4) is 0 Å². The number of aromatic nitrogens is 1. The number of carbonyl (C=O) groups is 1. The molecule has 0 aliphatic carbocycles. The first-order valence-electron chi connectivity index (χ1n) is 8.97. The highest BCUT2D eigenvalue weighted by Gasteiger charge is 2.18. The molecule has 0 saturated heterocycles. The van der Waals surface area contributed by atoms with E-state index in [2.05, 4.69) is 41.5 Å². The summed E-state index contributed by atoms with van der Waals surface area (Å²) in [6, 6.07) is 16.3. The highest BCUT2D eigenvalue weighted by Crippen LogP contribution is 2.27. The van der Waals surface area contributed by atoms with Crippen LogP contribution in [0, 0.1) is 0 Å². The number of fused-ring (bicyclic) bond motifs is 1. The summed E-state index contributed by atoms with van der Waals surface area (Å²) in [5.41, 5.74) is 4.10. The zero-order chi connectivity index (χ0) is 18.6. The van der Waals surface area contributed by atoms with Gasteiger partial charge >= 0.3 is 0 Å². The molecule has 0 radical (unpaired) electrons. The molecule has 0 spiro atoms. The van der Waals surface area contributed by atoms with Crippen LogP contribution in [-0.4, -0.2) is 17.5 Å². The van der Waals surface area contributed by atoms with E-state index in [-0.39, 0.29) is 12.5 Å². The zero-order valence-corrected chi connectivity index (χ0v) is 15.9. The molecule has 1 N–H and O–H groups in total. The third-order valence-corrected chi connectivity index (χ3v) is 5.42. The van der Waals surface area contributed by atoms with Gasteiger partial charge in [-0.25, -0.2) is 4.98 Å². The Labute approximate surface area is 162 Å². The van der Waals surface area contributed by atoms with E-state index in [9.17, 15) is 4.79 Å². The number of rotatable bonds is 5. The summed E-state index contributed by atoms with van der Waals surface area (Å²) in [5.74, 6) is 0.636. The predicted molar refractivity (Wildman–Crippen MR) is 109 cm³/mol. The van der Waals surface area contributed by atoms with Gasteiger partial charge in [0.05, 0.1) is 5.57 Å². The van der Waals surface area contributed by atoms with E-state index >= 15 is 0 Å². The largest absolute Gasteiger partial charge is 0.488 e. The number of para-hydroxylation sites is 1. The van der Waals surface area contributed by atoms with E-state index in [0.29, 0.717) is 10.7 Å². The van der Waals surface area contributed by atoms with E-state index in [4.69, 9.17) is 4.74 Å². The fourth-order valence-electron chi connectivity index (χ4n) is 2.97. The number of nitrogens with zero attached hydrogens (tertiary/aromatic N) is 1. The van der Waals surface area contributed by atoms with Crippen molar-refractivity contribution in [2.24, 2.45) is 0 Å². The number of ether oxygens (including phenoxy) is 1. The van der Waals surface area contributed by atoms with Crippen LogP contribution in [0.4, 0.5) is 5.13 Å². The van der Waals surface area contributed by atoms with Crippen molar-refractivity contribution < 1.29 is 9.53 Å². The van der Waals surface area contributed by atoms with Gasteiger partial charge in [0.25, 0.3) is 5.91 Å². The first-order valence-corrected chi connectivity index (χ1v) is 9.79. The standard InChI is InChI=1S/C22H20N2O2S/c1-2-15-7-9-16(10-8-15)11-19-13-23-22(27-19)24-21(25)18-12-17-5-3-4-6-20(17)26-14-18/h3-10,12-13H,2,11,14H2,1H3,(H,23,24,25). The Morgan fingerprint density at radius 3 is 2.74 bits per heavy atom. The van der Waals surface area contributed by atoms with Crippen molar-refractivity contribution in [3.05, 3.63) is 81.9 Å². The highest BCUT2D eigenvalue weighted by atomic mass is 32.1. The molecule has 5 heteroatoms. The third kappa shape index (κ3) is 4.09. The lowest BCUT2D eigenvalue weighted by molar-refractivity contribution is -0.113. The lowest BCUT2D eigenvalue weighted by Gasteiger charge is -2.16. The number of amides is 1. The Kier molecular flexibility index (Phi) is 5.03. The average molecular weight is 376 g/mol. The molecule has 0 saturated carbocycles. The molecule has 1 aliphatic heterocycles. The first kappa shape index (κ1) is 17.5. The van der Waals surface area contributed by atoms with E-state index in [1.807, 2.05) is 36.5 Å². The molecule has 136 valence electrons. The molecule has 0 bridgehead atoms. The Bertz CT molecular complexity index is 990. The molecule has 27 heavy (non-hydrogen) atoms. The SMILES string of the molecule is CCc1ccc(Cc2cnc(NC(=O)C3=Cc4ccccc4OC3)s2)cc1. The summed E-state index contributed by atoms with van der Waals surface area (Å²) < 4.78 is 5.65. The molecule has 0 fully saturated rings. The van der Waals surface area contributed by atoms with Crippen LogP contribution >= 0.6 is 11.3 Å². The topological polar surface area (TPSA) is 51.2 Å². The van der Waals surface area contributed by atoms with Gasteiger partial charge in [-0.05, 0) is 29.7 Å². The molecule has 4 nitrogen and oxygen atoms in total. The molecular formula is C22H20N2O2S. The molecule has 0 atom stereocenters. The van der Waals surface area contributed by atoms with Crippen molar-refractivity contribution in [1.29, 1.82) is 0 Å². The average Bonchev–Trinajstić information content (AvgIpc) is 3.15. The molecule has 2 aromatic carbocycles. The third-order valence-electron chi connectivity index (χ3n) is 4.51. The fourth-order valence-corrected chi connectivity index (χ4v) is 3.81. The van der Waals surface area contributed by atoms with Gasteiger partial charge in [-0.15, -0.1) is 11.3 Å². The van der Waals surface area contributed by atoms with Crippen LogP contribution in [0.5, 0.6) is 5.75 Å². The summed E-state index contributed by atoms with van der Waals surface area (Å²) in [6.45, 7) is 2.42. The van der Waals surface area contributed by atoms with Gasteiger partial charge in [0, 0.05) is 23.1 Å². The summed E-state index contributed by atoms with van der Waals surface area (Å²) in [4.78, 5) is 18.0. The van der Waals surface area contributed by atoms with Gasteiger partial charge in [0.15, 0.2) is 5.13 Å². The van der Waals surface area contributed by atoms with Gasteiger partial charge in [0.2, 0.25) is 0 Å². The monoisotopic (exact) mass is 376 g/mol. The molecule has 1 amide bonds. The van der Waals surface area contributed by atoms with E-state index in [1.54, 1.807) is 0 Å². The van der Waals surface area contributed by atoms with Crippen LogP contribution in [-0.2, 0) is 17.6 Å². The Balaban J connectivity index is 1.42. The molecule has 3 aromatic rings. The van der Waals surface area contributed by atoms with E-state index in [1.165, 1.54) is 22.5 Å². The number of hydrogen-bond donors (Lipinski definition) is 1. The van der Waals surface area contributed by atoms with Crippen molar-refractivity contribution in [2.75, 3.05) is 11.9 Å². The van der Waals surface area contributed by atoms with Gasteiger partial charge in [0.1, 0.15) is 12.4 Å². The van der Waals surface area contributed by atoms with Crippen molar-refractivity contribution in [3.8, 4) is 5.75 Å². The van der Waals surface area contributed by atoms with Crippen molar-refractivity contribution >= 4 is 28.5 Å². The second-order valence-electron chi connectivity index (χ2n) is 6.43. The molecule has 1 aliphatic rings. The van der Waals surface area contributed by atoms with Crippen LogP contribution in [0.15, 0.2) is 60.3 Å². The van der Waals surface area contributed by atoms with Gasteiger partial charge < -0.3 is 4.74 Å². The lowest BCUT2D eigenvalue weighted by Crippen LogP contribution is -2.21. The molecule has 4 rings (SSSR count). The van der Waals surface area contributed by atoms with Crippen molar-refractivity contribution in [3.63, 3.8) is 0 Å². The predicted octanol–water partition coefficient (Wildman–Crippen LogP) is 4.71. The highest BCUT2D eigenvalue weighted by molar-refractivity contribution is 7.15. The fraction of sp³-hybridized carbons (Fsp3) is 0.182. The van der Waals surface area contributed by atoms with Crippen LogP contribution in [0.1, 0.15) is 28.5 Å². The summed E-state index contributed by atoms with van der Waals surface area (Å²) in [6.07, 6.45) is 5.56. The van der Waals surface area contributed by atoms with Crippen LogP contribution in [0.2, 0.25) is 0 Å². The zero-order valence-electron chi connectivity index (χ0n) is 15.1. The van der Waals surface area contributed by atoms with Crippen molar-refractivity contribution in [1.82, 2.24) is 4.98 Å².